The van der Waals surface area contributed by atoms with Gasteiger partial charge in [0, 0.05) is 17.5 Å². The Morgan fingerprint density at radius 3 is 2.96 bits per heavy atom. The van der Waals surface area contributed by atoms with Gasteiger partial charge in [0.2, 0.25) is 10.0 Å². The van der Waals surface area contributed by atoms with Crippen LogP contribution in [0, 0.1) is 0 Å². The standard InChI is InChI=1S/C17H16N2O3S2/c1-2-24(20,21)19-8-7-13-10-12(5-6-15(13)19)14-11-23-17(18-14)16-4-3-9-22-16/h3-6,9-11H,2,7-8H2,1H3. The third kappa shape index (κ3) is 2.53. The molecule has 0 atom stereocenters. The number of furan rings is 1. The SMILES string of the molecule is CCS(=O)(=O)N1CCc2cc(-c3csc(-c4ccco4)n3)ccc21. The Kier molecular flexibility index (Phi) is 3.69. The van der Waals surface area contributed by atoms with Crippen molar-refractivity contribution in [3.63, 3.8) is 0 Å². The van der Waals surface area contributed by atoms with E-state index in [1.807, 2.05) is 35.7 Å². The van der Waals surface area contributed by atoms with E-state index in [9.17, 15) is 8.42 Å². The van der Waals surface area contributed by atoms with Crippen LogP contribution in [0.4, 0.5) is 5.69 Å². The predicted octanol–water partition coefficient (Wildman–Crippen LogP) is 3.78. The Hall–Kier alpha value is -2.12. The van der Waals surface area contributed by atoms with E-state index < -0.39 is 10.0 Å². The molecule has 0 unspecified atom stereocenters. The van der Waals surface area contributed by atoms with Crippen molar-refractivity contribution in [3.8, 4) is 22.0 Å². The van der Waals surface area contributed by atoms with E-state index in [2.05, 4.69) is 4.98 Å². The summed E-state index contributed by atoms with van der Waals surface area (Å²) in [5, 5.41) is 2.83. The molecule has 2 aromatic heterocycles. The maximum absolute atomic E-state index is 12.2. The lowest BCUT2D eigenvalue weighted by Crippen LogP contribution is -2.30. The zero-order chi connectivity index (χ0) is 16.7. The summed E-state index contributed by atoms with van der Waals surface area (Å²) in [6.45, 7) is 2.19. The highest BCUT2D eigenvalue weighted by Gasteiger charge is 2.28. The first kappa shape index (κ1) is 15.4. The van der Waals surface area contributed by atoms with Gasteiger partial charge in [-0.1, -0.05) is 6.07 Å². The summed E-state index contributed by atoms with van der Waals surface area (Å²) in [7, 11) is -3.21. The number of anilines is 1. The minimum Gasteiger partial charge on any atom is -0.462 e. The number of nitrogens with zero attached hydrogens (tertiary/aromatic N) is 2. The topological polar surface area (TPSA) is 63.4 Å². The lowest BCUT2D eigenvalue weighted by atomic mass is 10.1. The van der Waals surface area contributed by atoms with Crippen molar-refractivity contribution in [2.75, 3.05) is 16.6 Å². The second-order valence-electron chi connectivity index (χ2n) is 5.58. The number of hydrogen-bond acceptors (Lipinski definition) is 5. The molecule has 0 aliphatic carbocycles. The molecule has 0 fully saturated rings. The van der Waals surface area contributed by atoms with Crippen LogP contribution in [0.3, 0.4) is 0 Å². The van der Waals surface area contributed by atoms with Crippen LogP contribution < -0.4 is 4.31 Å². The Morgan fingerprint density at radius 2 is 2.21 bits per heavy atom. The van der Waals surface area contributed by atoms with Crippen LogP contribution in [0.5, 0.6) is 0 Å². The highest BCUT2D eigenvalue weighted by molar-refractivity contribution is 7.92. The highest BCUT2D eigenvalue weighted by atomic mass is 32.2. The molecule has 24 heavy (non-hydrogen) atoms. The summed E-state index contributed by atoms with van der Waals surface area (Å²) in [5.41, 5.74) is 3.73. The minimum absolute atomic E-state index is 0.118. The van der Waals surface area contributed by atoms with Gasteiger partial charge in [0.25, 0.3) is 0 Å². The molecule has 1 aromatic carbocycles. The molecule has 0 amide bonds. The molecule has 124 valence electrons. The van der Waals surface area contributed by atoms with Gasteiger partial charge in [-0.2, -0.15) is 0 Å². The van der Waals surface area contributed by atoms with E-state index in [-0.39, 0.29) is 5.75 Å². The number of thiazole rings is 1. The Balaban J connectivity index is 1.68. The molecule has 1 aliphatic heterocycles. The smallest absolute Gasteiger partial charge is 0.234 e. The fourth-order valence-electron chi connectivity index (χ4n) is 2.90. The summed E-state index contributed by atoms with van der Waals surface area (Å²) in [5.74, 6) is 0.875. The first-order valence-electron chi connectivity index (χ1n) is 7.71. The number of rotatable bonds is 4. The van der Waals surface area contributed by atoms with Gasteiger partial charge in [-0.05, 0) is 43.2 Å². The fraction of sp³-hybridized carbons (Fsp3) is 0.235. The van der Waals surface area contributed by atoms with Gasteiger partial charge in [0.1, 0.15) is 0 Å². The van der Waals surface area contributed by atoms with Crippen LogP contribution in [0.15, 0.2) is 46.4 Å². The average Bonchev–Trinajstić information content (AvgIpc) is 3.32. The number of aromatic nitrogens is 1. The number of benzene rings is 1. The lowest BCUT2D eigenvalue weighted by molar-refractivity contribution is 0.582. The third-order valence-electron chi connectivity index (χ3n) is 4.16. The number of hydrogen-bond donors (Lipinski definition) is 0. The molecule has 7 heteroatoms. The molecule has 0 saturated heterocycles. The van der Waals surface area contributed by atoms with Gasteiger partial charge in [0.05, 0.1) is 23.4 Å². The van der Waals surface area contributed by atoms with E-state index in [1.165, 1.54) is 15.6 Å². The van der Waals surface area contributed by atoms with Gasteiger partial charge < -0.3 is 4.42 Å². The zero-order valence-corrected chi connectivity index (χ0v) is 14.7. The second kappa shape index (κ2) is 5.75. The maximum atomic E-state index is 12.2. The van der Waals surface area contributed by atoms with E-state index in [1.54, 1.807) is 13.2 Å². The first-order valence-corrected chi connectivity index (χ1v) is 10.2. The van der Waals surface area contributed by atoms with Crippen LogP contribution in [0.2, 0.25) is 0 Å². The zero-order valence-electron chi connectivity index (χ0n) is 13.1. The van der Waals surface area contributed by atoms with Crippen LogP contribution in [0.25, 0.3) is 22.0 Å². The molecule has 3 aromatic rings. The summed E-state index contributed by atoms with van der Waals surface area (Å²) >= 11 is 1.53. The van der Waals surface area contributed by atoms with Crippen LogP contribution in [-0.2, 0) is 16.4 Å². The highest BCUT2D eigenvalue weighted by Crippen LogP contribution is 2.35. The van der Waals surface area contributed by atoms with E-state index in [4.69, 9.17) is 4.42 Å². The molecule has 5 nitrogen and oxygen atoms in total. The molecule has 0 N–H and O–H groups in total. The van der Waals surface area contributed by atoms with Gasteiger partial charge in [-0.25, -0.2) is 13.4 Å². The fourth-order valence-corrected chi connectivity index (χ4v) is 4.85. The Morgan fingerprint density at radius 1 is 1.33 bits per heavy atom. The van der Waals surface area contributed by atoms with Crippen LogP contribution in [-0.4, -0.2) is 25.7 Å². The summed E-state index contributed by atoms with van der Waals surface area (Å²) in [4.78, 5) is 4.63. The normalized spacial score (nSPS) is 14.1. The molecule has 3 heterocycles. The molecule has 0 radical (unpaired) electrons. The number of sulfonamides is 1. The van der Waals surface area contributed by atoms with Crippen molar-refractivity contribution in [1.82, 2.24) is 4.98 Å². The Labute approximate surface area is 144 Å². The monoisotopic (exact) mass is 360 g/mol. The first-order chi connectivity index (χ1) is 11.6. The van der Waals surface area contributed by atoms with Gasteiger partial charge >= 0.3 is 0 Å². The van der Waals surface area contributed by atoms with Crippen molar-refractivity contribution < 1.29 is 12.8 Å². The van der Waals surface area contributed by atoms with Crippen molar-refractivity contribution in [2.24, 2.45) is 0 Å². The van der Waals surface area contributed by atoms with Gasteiger partial charge in [0.15, 0.2) is 10.8 Å². The van der Waals surface area contributed by atoms with E-state index >= 15 is 0 Å². The van der Waals surface area contributed by atoms with Crippen molar-refractivity contribution in [1.29, 1.82) is 0 Å². The van der Waals surface area contributed by atoms with Crippen molar-refractivity contribution in [3.05, 3.63) is 47.5 Å². The average molecular weight is 360 g/mol. The molecule has 0 bridgehead atoms. The van der Waals surface area contributed by atoms with Crippen molar-refractivity contribution in [2.45, 2.75) is 13.3 Å². The molecule has 0 spiro atoms. The maximum Gasteiger partial charge on any atom is 0.234 e. The minimum atomic E-state index is -3.21. The Bertz CT molecular complexity index is 975. The molecular formula is C17H16N2O3S2. The van der Waals surface area contributed by atoms with Gasteiger partial charge in [-0.3, -0.25) is 4.31 Å². The molecular weight excluding hydrogens is 344 g/mol. The largest absolute Gasteiger partial charge is 0.462 e. The van der Waals surface area contributed by atoms with E-state index in [0.717, 1.165) is 39.7 Å². The van der Waals surface area contributed by atoms with Gasteiger partial charge in [-0.15, -0.1) is 11.3 Å². The summed E-state index contributed by atoms with van der Waals surface area (Å²) in [6, 6.07) is 9.59. The van der Waals surface area contributed by atoms with Crippen LogP contribution >= 0.6 is 11.3 Å². The number of fused-ring (bicyclic) bond motifs is 1. The third-order valence-corrected chi connectivity index (χ3v) is 6.80. The summed E-state index contributed by atoms with van der Waals surface area (Å²) < 4.78 is 31.2. The predicted molar refractivity (Wildman–Crippen MR) is 95.8 cm³/mol. The van der Waals surface area contributed by atoms with Crippen LogP contribution in [0.1, 0.15) is 12.5 Å². The summed E-state index contributed by atoms with van der Waals surface area (Å²) in [6.07, 6.45) is 2.37. The van der Waals surface area contributed by atoms with Crippen molar-refractivity contribution >= 4 is 27.0 Å². The lowest BCUT2D eigenvalue weighted by Gasteiger charge is -2.18. The second-order valence-corrected chi connectivity index (χ2v) is 8.62. The molecule has 1 aliphatic rings. The molecule has 0 saturated carbocycles. The quantitative estimate of drug-likeness (QED) is 0.710. The van der Waals surface area contributed by atoms with E-state index in [0.29, 0.717) is 6.54 Å². The molecule has 4 rings (SSSR count).